The Balaban J connectivity index is 2.11. The molecule has 6 heteroatoms. The van der Waals surface area contributed by atoms with Gasteiger partial charge in [-0.15, -0.1) is 0 Å². The van der Waals surface area contributed by atoms with Crippen molar-refractivity contribution in [2.24, 2.45) is 0 Å². The van der Waals surface area contributed by atoms with Gasteiger partial charge >= 0.3 is 5.97 Å². The molecule has 2 aromatic carbocycles. The molecule has 0 aliphatic rings. The normalized spacial score (nSPS) is 9.92. The zero-order valence-corrected chi connectivity index (χ0v) is 14.1. The highest BCUT2D eigenvalue weighted by Gasteiger charge is 2.16. The van der Waals surface area contributed by atoms with Gasteiger partial charge in [0.05, 0.1) is 35.9 Å². The molecule has 2 aromatic rings. The first kappa shape index (κ1) is 17.6. The number of benzene rings is 2. The SMILES string of the molecule is CCOc1c(Cl)cc(C(=O)OCc2ccc(C#N)cc2)cc1OC. The molecule has 0 unspecified atom stereocenters. The summed E-state index contributed by atoms with van der Waals surface area (Å²) in [5, 5.41) is 9.04. The summed E-state index contributed by atoms with van der Waals surface area (Å²) in [6.45, 7) is 2.35. The number of rotatable bonds is 6. The van der Waals surface area contributed by atoms with Crippen molar-refractivity contribution in [3.8, 4) is 17.6 Å². The summed E-state index contributed by atoms with van der Waals surface area (Å²) in [5.41, 5.74) is 1.61. The first-order valence-corrected chi connectivity index (χ1v) is 7.63. The lowest BCUT2D eigenvalue weighted by Crippen LogP contribution is -2.06. The van der Waals surface area contributed by atoms with E-state index in [4.69, 9.17) is 31.1 Å². The Morgan fingerprint density at radius 2 is 1.96 bits per heavy atom. The van der Waals surface area contributed by atoms with Crippen LogP contribution in [-0.4, -0.2) is 19.7 Å². The Kier molecular flexibility index (Phi) is 6.05. The molecule has 0 N–H and O–H groups in total. The van der Waals surface area contributed by atoms with Crippen LogP contribution in [0.1, 0.15) is 28.4 Å². The third-order valence-electron chi connectivity index (χ3n) is 3.21. The Morgan fingerprint density at radius 1 is 1.25 bits per heavy atom. The van der Waals surface area contributed by atoms with Gasteiger partial charge in [0.2, 0.25) is 0 Å². The molecular formula is C18H16ClNO4. The Labute approximate surface area is 145 Å². The molecule has 124 valence electrons. The fraction of sp³-hybridized carbons (Fsp3) is 0.222. The van der Waals surface area contributed by atoms with Crippen LogP contribution in [0.2, 0.25) is 5.02 Å². The summed E-state index contributed by atoms with van der Waals surface area (Å²) in [5.74, 6) is 0.239. The molecule has 24 heavy (non-hydrogen) atoms. The van der Waals surface area contributed by atoms with Gasteiger partial charge in [-0.3, -0.25) is 0 Å². The second-order valence-corrected chi connectivity index (χ2v) is 5.21. The number of esters is 1. The van der Waals surface area contributed by atoms with Crippen LogP contribution in [0, 0.1) is 11.3 Å². The second kappa shape index (κ2) is 8.23. The smallest absolute Gasteiger partial charge is 0.338 e. The van der Waals surface area contributed by atoms with Gasteiger partial charge in [-0.1, -0.05) is 23.7 Å². The maximum atomic E-state index is 12.2. The standard InChI is InChI=1S/C18H16ClNO4/c1-3-23-17-15(19)8-14(9-16(17)22-2)18(21)24-11-13-6-4-12(10-20)5-7-13/h4-9H,3,11H2,1-2H3. The number of nitriles is 1. The van der Waals surface area contributed by atoms with Crippen LogP contribution in [0.25, 0.3) is 0 Å². The Bertz CT molecular complexity index is 766. The fourth-order valence-corrected chi connectivity index (χ4v) is 2.30. The molecule has 0 spiro atoms. The van der Waals surface area contributed by atoms with E-state index in [1.165, 1.54) is 19.2 Å². The number of nitrogens with zero attached hydrogens (tertiary/aromatic N) is 1. The molecular weight excluding hydrogens is 330 g/mol. The second-order valence-electron chi connectivity index (χ2n) is 4.81. The van der Waals surface area contributed by atoms with E-state index in [1.54, 1.807) is 24.3 Å². The predicted molar refractivity (Wildman–Crippen MR) is 89.4 cm³/mol. The molecule has 5 nitrogen and oxygen atoms in total. The Hall–Kier alpha value is -2.71. The maximum Gasteiger partial charge on any atom is 0.338 e. The number of hydrogen-bond donors (Lipinski definition) is 0. The van der Waals surface area contributed by atoms with E-state index in [9.17, 15) is 4.79 Å². The predicted octanol–water partition coefficient (Wildman–Crippen LogP) is 3.98. The number of carbonyl (C=O) groups excluding carboxylic acids is 1. The number of hydrogen-bond acceptors (Lipinski definition) is 5. The van der Waals surface area contributed by atoms with Crippen LogP contribution in [-0.2, 0) is 11.3 Å². The monoisotopic (exact) mass is 345 g/mol. The van der Waals surface area contributed by atoms with Crippen molar-refractivity contribution < 1.29 is 19.0 Å². The lowest BCUT2D eigenvalue weighted by atomic mass is 10.1. The number of ether oxygens (including phenoxy) is 3. The molecule has 0 fully saturated rings. The minimum atomic E-state index is -0.525. The van der Waals surface area contributed by atoms with Crippen LogP contribution >= 0.6 is 11.6 Å². The van der Waals surface area contributed by atoms with Gasteiger partial charge in [0.1, 0.15) is 6.61 Å². The molecule has 0 saturated heterocycles. The first-order valence-electron chi connectivity index (χ1n) is 7.25. The summed E-state index contributed by atoms with van der Waals surface area (Å²) < 4.78 is 15.9. The number of methoxy groups -OCH3 is 1. The van der Waals surface area contributed by atoms with Crippen molar-refractivity contribution in [3.63, 3.8) is 0 Å². The van der Waals surface area contributed by atoms with Gasteiger partial charge in [-0.25, -0.2) is 4.79 Å². The highest BCUT2D eigenvalue weighted by atomic mass is 35.5. The average Bonchev–Trinajstić information content (AvgIpc) is 2.61. The third-order valence-corrected chi connectivity index (χ3v) is 3.49. The number of carbonyl (C=O) groups is 1. The minimum Gasteiger partial charge on any atom is -0.493 e. The van der Waals surface area contributed by atoms with Crippen molar-refractivity contribution in [2.75, 3.05) is 13.7 Å². The van der Waals surface area contributed by atoms with E-state index in [-0.39, 0.29) is 17.2 Å². The van der Waals surface area contributed by atoms with E-state index in [0.29, 0.717) is 23.7 Å². The molecule has 0 heterocycles. The molecule has 2 rings (SSSR count). The zero-order valence-electron chi connectivity index (χ0n) is 13.3. The molecule has 0 aliphatic carbocycles. The summed E-state index contributed by atoms with van der Waals surface area (Å²) in [4.78, 5) is 12.2. The lowest BCUT2D eigenvalue weighted by molar-refractivity contribution is 0.0472. The van der Waals surface area contributed by atoms with E-state index in [0.717, 1.165) is 5.56 Å². The van der Waals surface area contributed by atoms with Crippen LogP contribution in [0.15, 0.2) is 36.4 Å². The molecule has 0 bridgehead atoms. The quantitative estimate of drug-likeness (QED) is 0.741. The molecule has 0 radical (unpaired) electrons. The molecule has 0 amide bonds. The summed E-state index contributed by atoms with van der Waals surface area (Å²) in [7, 11) is 1.47. The molecule has 0 saturated carbocycles. The van der Waals surface area contributed by atoms with Gasteiger partial charge in [-0.05, 0) is 36.8 Å². The van der Waals surface area contributed by atoms with Gasteiger partial charge < -0.3 is 14.2 Å². The van der Waals surface area contributed by atoms with Gasteiger partial charge in [0, 0.05) is 0 Å². The highest BCUT2D eigenvalue weighted by molar-refractivity contribution is 6.32. The van der Waals surface area contributed by atoms with Crippen LogP contribution in [0.5, 0.6) is 11.5 Å². The van der Waals surface area contributed by atoms with Crippen molar-refractivity contribution in [2.45, 2.75) is 13.5 Å². The van der Waals surface area contributed by atoms with Crippen molar-refractivity contribution in [1.29, 1.82) is 5.26 Å². The van der Waals surface area contributed by atoms with E-state index < -0.39 is 5.97 Å². The lowest BCUT2D eigenvalue weighted by Gasteiger charge is -2.13. The largest absolute Gasteiger partial charge is 0.493 e. The average molecular weight is 346 g/mol. The van der Waals surface area contributed by atoms with E-state index in [2.05, 4.69) is 0 Å². The molecule has 0 atom stereocenters. The minimum absolute atomic E-state index is 0.0949. The van der Waals surface area contributed by atoms with Crippen LogP contribution in [0.3, 0.4) is 0 Å². The van der Waals surface area contributed by atoms with Gasteiger partial charge in [-0.2, -0.15) is 5.26 Å². The maximum absolute atomic E-state index is 12.2. The summed E-state index contributed by atoms with van der Waals surface area (Å²) in [6, 6.07) is 11.8. The Morgan fingerprint density at radius 3 is 2.54 bits per heavy atom. The summed E-state index contributed by atoms with van der Waals surface area (Å²) >= 11 is 6.14. The third kappa shape index (κ3) is 4.18. The fourth-order valence-electron chi connectivity index (χ4n) is 2.03. The summed E-state index contributed by atoms with van der Waals surface area (Å²) in [6.07, 6.45) is 0. The highest BCUT2D eigenvalue weighted by Crippen LogP contribution is 2.36. The van der Waals surface area contributed by atoms with Gasteiger partial charge in [0.15, 0.2) is 11.5 Å². The topological polar surface area (TPSA) is 68.5 Å². The van der Waals surface area contributed by atoms with Gasteiger partial charge in [0.25, 0.3) is 0 Å². The zero-order chi connectivity index (χ0) is 17.5. The van der Waals surface area contributed by atoms with Crippen LogP contribution in [0.4, 0.5) is 0 Å². The first-order chi connectivity index (χ1) is 11.6. The van der Waals surface area contributed by atoms with E-state index >= 15 is 0 Å². The van der Waals surface area contributed by atoms with Crippen molar-refractivity contribution >= 4 is 17.6 Å². The molecule has 0 aliphatic heterocycles. The van der Waals surface area contributed by atoms with E-state index in [1.807, 2.05) is 13.0 Å². The number of halogens is 1. The van der Waals surface area contributed by atoms with Crippen LogP contribution < -0.4 is 9.47 Å². The van der Waals surface area contributed by atoms with Crippen molar-refractivity contribution in [3.05, 3.63) is 58.1 Å². The van der Waals surface area contributed by atoms with Crippen molar-refractivity contribution in [1.82, 2.24) is 0 Å². The molecule has 0 aromatic heterocycles.